The van der Waals surface area contributed by atoms with Crippen LogP contribution in [0.5, 0.6) is 0 Å². The van der Waals surface area contributed by atoms with E-state index in [0.717, 1.165) is 60.4 Å². The summed E-state index contributed by atoms with van der Waals surface area (Å²) >= 11 is 1.73. The summed E-state index contributed by atoms with van der Waals surface area (Å²) in [4.78, 5) is 2.28. The summed E-state index contributed by atoms with van der Waals surface area (Å²) in [5.74, 6) is 0. The van der Waals surface area contributed by atoms with Gasteiger partial charge in [0.05, 0.1) is 13.8 Å². The molecule has 0 saturated carbocycles. The third-order valence-electron chi connectivity index (χ3n) is 9.51. The van der Waals surface area contributed by atoms with Crippen molar-refractivity contribution in [2.24, 2.45) is 0 Å². The number of nitrogens with zero attached hydrogens (tertiary/aromatic N) is 2. The first kappa shape index (κ1) is 25.9. The third kappa shape index (κ3) is 4.62. The minimum absolute atomic E-state index is 0.210. The molecular formula is C46H30N2S. The molecular weight excluding hydrogens is 613 g/mol. The lowest BCUT2D eigenvalue weighted by atomic mass is 10.00. The summed E-state index contributed by atoms with van der Waals surface area (Å²) in [6.45, 7) is 0. The van der Waals surface area contributed by atoms with Gasteiger partial charge < -0.3 is 9.47 Å². The van der Waals surface area contributed by atoms with E-state index in [1.165, 1.54) is 26.2 Å². The van der Waals surface area contributed by atoms with E-state index in [1.54, 1.807) is 11.3 Å². The predicted octanol–water partition coefficient (Wildman–Crippen LogP) is 13.4. The Labute approximate surface area is 291 Å². The minimum atomic E-state index is 0.210. The Bertz CT molecular complexity index is 2890. The quantitative estimate of drug-likeness (QED) is 0.129. The molecule has 0 radical (unpaired) electrons. The minimum Gasteiger partial charge on any atom is -0.310 e. The number of benzene rings is 8. The smallest absolute Gasteiger partial charge is 0.0629 e. The summed E-state index contributed by atoms with van der Waals surface area (Å²) in [5.41, 5.74) is 8.05. The standard InChI is InChI=1S/C46H30N2S/c1-4-12-35(13-5-1)47(36-14-6-2-7-15-36)38-24-26-40-39-25-21-31(29-43(39)49-44(40)30-38)19-20-32-27-34-23-22-33-11-10-18-41-45(33)46(34)42(28-32)48(41)37-16-8-3-9-17-37/h1-30H/b20-19+/i19D,20D. The van der Waals surface area contributed by atoms with Gasteiger partial charge in [0.2, 0.25) is 0 Å². The molecule has 0 bridgehead atoms. The summed E-state index contributed by atoms with van der Waals surface area (Å²) in [7, 11) is 0. The predicted molar refractivity (Wildman–Crippen MR) is 212 cm³/mol. The molecule has 2 aromatic heterocycles. The molecule has 49 heavy (non-hydrogen) atoms. The first-order valence-corrected chi connectivity index (χ1v) is 17.3. The van der Waals surface area contributed by atoms with Crippen LogP contribution in [0.1, 0.15) is 13.9 Å². The molecule has 0 spiro atoms. The first-order chi connectivity index (χ1) is 25.1. The van der Waals surface area contributed by atoms with Gasteiger partial charge in [-0.2, -0.15) is 0 Å². The second kappa shape index (κ2) is 11.2. The van der Waals surface area contributed by atoms with Crippen molar-refractivity contribution in [3.8, 4) is 5.69 Å². The number of hydrogen-bond acceptors (Lipinski definition) is 2. The van der Waals surface area contributed by atoms with Crippen LogP contribution in [0.15, 0.2) is 170 Å². The molecule has 2 nitrogen and oxygen atoms in total. The van der Waals surface area contributed by atoms with E-state index in [2.05, 4.69) is 155 Å². The Hall–Kier alpha value is -6.16. The number of fused-ring (bicyclic) bond motifs is 3. The summed E-state index contributed by atoms with van der Waals surface area (Å²) in [6.07, 6.45) is 0. The Morgan fingerprint density at radius 3 is 1.86 bits per heavy atom. The van der Waals surface area contributed by atoms with Crippen molar-refractivity contribution in [1.82, 2.24) is 4.57 Å². The highest BCUT2D eigenvalue weighted by Gasteiger charge is 2.17. The van der Waals surface area contributed by atoms with Crippen LogP contribution in [0.4, 0.5) is 17.1 Å². The molecule has 3 heteroatoms. The van der Waals surface area contributed by atoms with Crippen LogP contribution in [-0.4, -0.2) is 4.57 Å². The molecule has 2 heterocycles. The van der Waals surface area contributed by atoms with E-state index in [1.807, 2.05) is 24.3 Å². The zero-order chi connectivity index (χ0) is 34.1. The van der Waals surface area contributed by atoms with Gasteiger partial charge in [-0.15, -0.1) is 11.3 Å². The van der Waals surface area contributed by atoms with E-state index in [4.69, 9.17) is 0 Å². The van der Waals surface area contributed by atoms with Gasteiger partial charge in [0, 0.05) is 53.7 Å². The van der Waals surface area contributed by atoms with Crippen molar-refractivity contribution in [3.05, 3.63) is 181 Å². The molecule has 0 saturated heterocycles. The molecule has 10 rings (SSSR count). The van der Waals surface area contributed by atoms with Gasteiger partial charge in [0.1, 0.15) is 0 Å². The molecule has 0 aliphatic carbocycles. The maximum Gasteiger partial charge on any atom is 0.0629 e. The second-order valence-electron chi connectivity index (χ2n) is 12.5. The van der Waals surface area contributed by atoms with E-state index < -0.39 is 0 Å². The largest absolute Gasteiger partial charge is 0.310 e. The summed E-state index contributed by atoms with van der Waals surface area (Å²) in [5, 5.41) is 7.06. The molecule has 10 aromatic rings. The van der Waals surface area contributed by atoms with Crippen LogP contribution in [0, 0.1) is 0 Å². The molecule has 230 valence electrons. The van der Waals surface area contributed by atoms with Crippen LogP contribution in [-0.2, 0) is 0 Å². The van der Waals surface area contributed by atoms with Crippen LogP contribution in [0.25, 0.3) is 70.5 Å². The monoisotopic (exact) mass is 644 g/mol. The van der Waals surface area contributed by atoms with Crippen LogP contribution < -0.4 is 4.90 Å². The number of aromatic nitrogens is 1. The van der Waals surface area contributed by atoms with Crippen LogP contribution in [0.3, 0.4) is 0 Å². The highest BCUT2D eigenvalue weighted by Crippen LogP contribution is 2.42. The van der Waals surface area contributed by atoms with Crippen LogP contribution >= 0.6 is 11.3 Å². The number of anilines is 3. The number of rotatable bonds is 6. The highest BCUT2D eigenvalue weighted by molar-refractivity contribution is 7.25. The van der Waals surface area contributed by atoms with Crippen molar-refractivity contribution in [1.29, 1.82) is 0 Å². The Morgan fingerprint density at radius 2 is 1.10 bits per heavy atom. The average Bonchev–Trinajstić information content (AvgIpc) is 3.73. The molecule has 0 aliphatic heterocycles. The zero-order valence-corrected chi connectivity index (χ0v) is 27.3. The second-order valence-corrected chi connectivity index (χ2v) is 13.5. The normalized spacial score (nSPS) is 13.0. The number of thiophene rings is 1. The van der Waals surface area contributed by atoms with E-state index in [-0.39, 0.29) is 12.1 Å². The van der Waals surface area contributed by atoms with Gasteiger partial charge in [-0.25, -0.2) is 0 Å². The average molecular weight is 645 g/mol. The topological polar surface area (TPSA) is 8.17 Å². The molecule has 0 aliphatic rings. The maximum absolute atomic E-state index is 9.34. The molecule has 0 atom stereocenters. The van der Waals surface area contributed by atoms with Crippen molar-refractivity contribution < 1.29 is 2.74 Å². The Morgan fingerprint density at radius 1 is 0.469 bits per heavy atom. The maximum atomic E-state index is 9.34. The van der Waals surface area contributed by atoms with Gasteiger partial charge in [0.15, 0.2) is 0 Å². The summed E-state index contributed by atoms with van der Waals surface area (Å²) < 4.78 is 23.2. The zero-order valence-electron chi connectivity index (χ0n) is 28.5. The van der Waals surface area contributed by atoms with Gasteiger partial charge in [-0.3, -0.25) is 0 Å². The van der Waals surface area contributed by atoms with Gasteiger partial charge in [0.25, 0.3) is 0 Å². The van der Waals surface area contributed by atoms with Gasteiger partial charge in [-0.1, -0.05) is 109 Å². The van der Waals surface area contributed by atoms with E-state index >= 15 is 0 Å². The Kier molecular flexibility index (Phi) is 5.93. The molecule has 8 aromatic carbocycles. The lowest BCUT2D eigenvalue weighted by Crippen LogP contribution is -2.09. The number of hydrogen-bond donors (Lipinski definition) is 0. The van der Waals surface area contributed by atoms with Gasteiger partial charge >= 0.3 is 0 Å². The first-order valence-electron chi connectivity index (χ1n) is 17.5. The molecule has 0 N–H and O–H groups in total. The molecule has 0 fully saturated rings. The van der Waals surface area contributed by atoms with Crippen molar-refractivity contribution in [3.63, 3.8) is 0 Å². The lowest BCUT2D eigenvalue weighted by Gasteiger charge is -2.25. The number of para-hydroxylation sites is 3. The fraction of sp³-hybridized carbons (Fsp3) is 0. The fourth-order valence-electron chi connectivity index (χ4n) is 7.35. The van der Waals surface area contributed by atoms with E-state index in [0.29, 0.717) is 0 Å². The van der Waals surface area contributed by atoms with Gasteiger partial charge in [-0.05, 0) is 94.7 Å². The molecule has 0 amide bonds. The van der Waals surface area contributed by atoms with Crippen molar-refractivity contribution in [2.45, 2.75) is 0 Å². The highest BCUT2D eigenvalue weighted by atomic mass is 32.1. The molecule has 0 unspecified atom stereocenters. The van der Waals surface area contributed by atoms with Crippen molar-refractivity contribution in [2.75, 3.05) is 4.90 Å². The SMILES string of the molecule is [2H]/C(=C(/[2H])c1cc2ccc3cccc4c3c2c(c1)n4-c1ccccc1)c1ccc2c(c1)sc1cc(N(c3ccccc3)c3ccccc3)ccc12. The third-order valence-corrected chi connectivity index (χ3v) is 10.6. The van der Waals surface area contributed by atoms with Crippen LogP contribution in [0.2, 0.25) is 0 Å². The van der Waals surface area contributed by atoms with Crippen molar-refractivity contribution >= 4 is 93.3 Å². The van der Waals surface area contributed by atoms with E-state index in [9.17, 15) is 2.74 Å². The fourth-order valence-corrected chi connectivity index (χ4v) is 8.53. The lowest BCUT2D eigenvalue weighted by molar-refractivity contribution is 1.18. The summed E-state index contributed by atoms with van der Waals surface area (Å²) in [6, 6.07) is 59.5. The Balaban J connectivity index is 1.09.